The van der Waals surface area contributed by atoms with Gasteiger partial charge in [0.25, 0.3) is 0 Å². The molecule has 1 saturated heterocycles. The normalized spacial score (nSPS) is 22.8. The average Bonchev–Trinajstić information content (AvgIpc) is 2.97. The number of hydrogen-bond donors (Lipinski definition) is 2. The van der Waals surface area contributed by atoms with E-state index >= 15 is 0 Å². The third-order valence-corrected chi connectivity index (χ3v) is 3.45. The van der Waals surface area contributed by atoms with Crippen LogP contribution in [0.4, 0.5) is 5.95 Å². The van der Waals surface area contributed by atoms with Gasteiger partial charge in [0.2, 0.25) is 5.95 Å². The summed E-state index contributed by atoms with van der Waals surface area (Å²) in [5.74, 6) is 0.737. The Balaban J connectivity index is 1.68. The molecule has 0 amide bonds. The molecular weight excluding hydrogens is 216 g/mol. The lowest BCUT2D eigenvalue weighted by molar-refractivity contribution is 0.133. The van der Waals surface area contributed by atoms with Gasteiger partial charge in [-0.15, -0.1) is 0 Å². The number of nitrogens with one attached hydrogen (secondary N) is 2. The molecule has 3 heterocycles. The number of nitrogens with zero attached hydrogens (tertiary/aromatic N) is 2. The van der Waals surface area contributed by atoms with Crippen LogP contribution < -0.4 is 10.6 Å². The van der Waals surface area contributed by atoms with Crippen molar-refractivity contribution in [1.29, 1.82) is 0 Å². The summed E-state index contributed by atoms with van der Waals surface area (Å²) in [5, 5.41) is 6.77. The van der Waals surface area contributed by atoms with Crippen molar-refractivity contribution < 1.29 is 4.74 Å². The molecule has 1 aromatic rings. The molecule has 1 aromatic heterocycles. The fraction of sp³-hybridized carbons (Fsp3) is 0.667. The van der Waals surface area contributed by atoms with Crippen molar-refractivity contribution in [2.75, 3.05) is 18.4 Å². The van der Waals surface area contributed by atoms with Gasteiger partial charge in [-0.2, -0.15) is 0 Å². The number of hydrogen-bond acceptors (Lipinski definition) is 5. The zero-order chi connectivity index (χ0) is 11.7. The predicted octanol–water partition coefficient (Wildman–Crippen LogP) is 0.979. The molecule has 0 saturated carbocycles. The van der Waals surface area contributed by atoms with Gasteiger partial charge in [-0.1, -0.05) is 0 Å². The van der Waals surface area contributed by atoms with Crippen LogP contribution in [0.1, 0.15) is 29.8 Å². The van der Waals surface area contributed by atoms with Crippen LogP contribution in [0, 0.1) is 6.92 Å². The second-order valence-electron chi connectivity index (χ2n) is 4.72. The van der Waals surface area contributed by atoms with Crippen LogP contribution in [0.15, 0.2) is 0 Å². The van der Waals surface area contributed by atoms with Gasteiger partial charge in [-0.25, -0.2) is 9.97 Å². The van der Waals surface area contributed by atoms with Crippen molar-refractivity contribution in [1.82, 2.24) is 15.3 Å². The molecule has 0 bridgehead atoms. The van der Waals surface area contributed by atoms with E-state index < -0.39 is 0 Å². The summed E-state index contributed by atoms with van der Waals surface area (Å²) in [6.07, 6.45) is 2.50. The third kappa shape index (κ3) is 2.25. The Kier molecular flexibility index (Phi) is 2.94. The molecular formula is C12H18N4O. The standard InChI is InChI=1S/C12H18N4O/c1-8-10-6-17-7-11(10)16-12(15-8)14-5-9-3-2-4-13-9/h9,13H,2-7H2,1H3,(H,14,15,16). The topological polar surface area (TPSA) is 59.1 Å². The van der Waals surface area contributed by atoms with Crippen molar-refractivity contribution in [3.05, 3.63) is 17.0 Å². The maximum absolute atomic E-state index is 5.39. The second kappa shape index (κ2) is 4.58. The first kappa shape index (κ1) is 10.9. The minimum absolute atomic E-state index is 0.559. The number of anilines is 1. The summed E-state index contributed by atoms with van der Waals surface area (Å²) in [7, 11) is 0. The highest BCUT2D eigenvalue weighted by Crippen LogP contribution is 2.21. The molecule has 5 nitrogen and oxygen atoms in total. The second-order valence-corrected chi connectivity index (χ2v) is 4.72. The van der Waals surface area contributed by atoms with Gasteiger partial charge in [0, 0.05) is 23.8 Å². The molecule has 0 aliphatic carbocycles. The van der Waals surface area contributed by atoms with Gasteiger partial charge in [-0.05, 0) is 26.3 Å². The Morgan fingerprint density at radius 1 is 1.41 bits per heavy atom. The van der Waals surface area contributed by atoms with E-state index in [1.54, 1.807) is 0 Å². The minimum Gasteiger partial charge on any atom is -0.370 e. The highest BCUT2D eigenvalue weighted by atomic mass is 16.5. The smallest absolute Gasteiger partial charge is 0.223 e. The molecule has 1 fully saturated rings. The summed E-state index contributed by atoms with van der Waals surface area (Å²) < 4.78 is 5.39. The van der Waals surface area contributed by atoms with Crippen molar-refractivity contribution in [2.45, 2.75) is 39.0 Å². The summed E-state index contributed by atoms with van der Waals surface area (Å²) >= 11 is 0. The van der Waals surface area contributed by atoms with Crippen LogP contribution in [0.25, 0.3) is 0 Å². The first-order chi connectivity index (χ1) is 8.33. The molecule has 3 rings (SSSR count). The van der Waals surface area contributed by atoms with E-state index in [4.69, 9.17) is 4.74 Å². The molecule has 0 aromatic carbocycles. The average molecular weight is 234 g/mol. The van der Waals surface area contributed by atoms with E-state index in [2.05, 4.69) is 20.6 Å². The Labute approximate surface area is 101 Å². The number of fused-ring (bicyclic) bond motifs is 1. The maximum Gasteiger partial charge on any atom is 0.223 e. The van der Waals surface area contributed by atoms with E-state index in [1.807, 2.05) is 6.92 Å². The highest BCUT2D eigenvalue weighted by molar-refractivity contribution is 5.35. The first-order valence-electron chi connectivity index (χ1n) is 6.24. The van der Waals surface area contributed by atoms with Crippen LogP contribution in [-0.4, -0.2) is 29.1 Å². The van der Waals surface area contributed by atoms with E-state index in [-0.39, 0.29) is 0 Å². The number of aromatic nitrogens is 2. The van der Waals surface area contributed by atoms with Gasteiger partial charge < -0.3 is 15.4 Å². The molecule has 5 heteroatoms. The lowest BCUT2D eigenvalue weighted by Gasteiger charge is -2.12. The van der Waals surface area contributed by atoms with Gasteiger partial charge in [0.15, 0.2) is 0 Å². The Morgan fingerprint density at radius 3 is 3.18 bits per heavy atom. The molecule has 1 unspecified atom stereocenters. The molecule has 2 N–H and O–H groups in total. The fourth-order valence-corrected chi connectivity index (χ4v) is 2.44. The summed E-state index contributed by atoms with van der Waals surface area (Å²) in [4.78, 5) is 8.98. The maximum atomic E-state index is 5.39. The Bertz CT molecular complexity index is 415. The van der Waals surface area contributed by atoms with Crippen molar-refractivity contribution >= 4 is 5.95 Å². The zero-order valence-electron chi connectivity index (χ0n) is 10.1. The third-order valence-electron chi connectivity index (χ3n) is 3.45. The highest BCUT2D eigenvalue weighted by Gasteiger charge is 2.18. The fourth-order valence-electron chi connectivity index (χ4n) is 2.44. The van der Waals surface area contributed by atoms with Gasteiger partial charge in [0.05, 0.1) is 18.9 Å². The molecule has 2 aliphatic heterocycles. The van der Waals surface area contributed by atoms with Crippen molar-refractivity contribution in [2.24, 2.45) is 0 Å². The van der Waals surface area contributed by atoms with E-state index in [0.717, 1.165) is 36.0 Å². The monoisotopic (exact) mass is 234 g/mol. The molecule has 92 valence electrons. The lowest BCUT2D eigenvalue weighted by atomic mass is 10.2. The van der Waals surface area contributed by atoms with E-state index in [1.165, 1.54) is 12.8 Å². The Morgan fingerprint density at radius 2 is 2.35 bits per heavy atom. The molecule has 17 heavy (non-hydrogen) atoms. The summed E-state index contributed by atoms with van der Waals surface area (Å²) in [5.41, 5.74) is 3.24. The SMILES string of the molecule is Cc1nc(NCC2CCCN2)nc2c1COC2. The van der Waals surface area contributed by atoms with E-state index in [0.29, 0.717) is 19.3 Å². The molecule has 1 atom stereocenters. The number of aryl methyl sites for hydroxylation is 1. The number of ether oxygens (including phenoxy) is 1. The minimum atomic E-state index is 0.559. The van der Waals surface area contributed by atoms with Gasteiger partial charge in [0.1, 0.15) is 0 Å². The van der Waals surface area contributed by atoms with Gasteiger partial charge in [-0.3, -0.25) is 0 Å². The van der Waals surface area contributed by atoms with Crippen LogP contribution >= 0.6 is 0 Å². The molecule has 0 spiro atoms. The zero-order valence-corrected chi connectivity index (χ0v) is 10.1. The van der Waals surface area contributed by atoms with Crippen molar-refractivity contribution in [3.63, 3.8) is 0 Å². The molecule has 2 aliphatic rings. The predicted molar refractivity (Wildman–Crippen MR) is 64.8 cm³/mol. The summed E-state index contributed by atoms with van der Waals surface area (Å²) in [6, 6.07) is 0.559. The first-order valence-corrected chi connectivity index (χ1v) is 6.24. The largest absolute Gasteiger partial charge is 0.370 e. The lowest BCUT2D eigenvalue weighted by Crippen LogP contribution is -2.30. The Hall–Kier alpha value is -1.20. The van der Waals surface area contributed by atoms with Crippen LogP contribution in [0.2, 0.25) is 0 Å². The summed E-state index contributed by atoms with van der Waals surface area (Å²) in [6.45, 7) is 5.33. The number of rotatable bonds is 3. The van der Waals surface area contributed by atoms with Crippen molar-refractivity contribution in [3.8, 4) is 0 Å². The van der Waals surface area contributed by atoms with Crippen LogP contribution in [0.3, 0.4) is 0 Å². The van der Waals surface area contributed by atoms with E-state index in [9.17, 15) is 0 Å². The van der Waals surface area contributed by atoms with Crippen LogP contribution in [-0.2, 0) is 18.0 Å². The van der Waals surface area contributed by atoms with Gasteiger partial charge >= 0.3 is 0 Å². The quantitative estimate of drug-likeness (QED) is 0.816. The molecule has 0 radical (unpaired) electrons. The van der Waals surface area contributed by atoms with Crippen LogP contribution in [0.5, 0.6) is 0 Å².